The van der Waals surface area contributed by atoms with Gasteiger partial charge in [0.1, 0.15) is 11.6 Å². The summed E-state index contributed by atoms with van der Waals surface area (Å²) >= 11 is 6.03. The third kappa shape index (κ3) is 13.8. The van der Waals surface area contributed by atoms with Gasteiger partial charge in [-0.25, -0.2) is 38.7 Å². The van der Waals surface area contributed by atoms with Gasteiger partial charge in [-0.1, -0.05) is 182 Å². The summed E-state index contributed by atoms with van der Waals surface area (Å²) in [7, 11) is -1.83. The molecule has 13 rings (SSSR count). The van der Waals surface area contributed by atoms with Gasteiger partial charge in [0, 0.05) is 44.3 Å². The van der Waals surface area contributed by atoms with Crippen molar-refractivity contribution in [3.63, 3.8) is 0 Å². The SMILES string of the molecule is CC1(C)OB(c2cc(C#N)cc(B3OC(C)(C)C(C)(C)O3)c2F)OC1(C)C.Clc1nc(-c2ccccc2)cc(-c2ccccc2)n1.N#Cc1cc(-c2nc(-c3ccccc3)cc(-c3ccccc3)n2)c(F)c(-c2nc(-c3ccccc3)cc(-c3ccccc3)n2)c1. The fourth-order valence-corrected chi connectivity index (χ4v) is 10.3. The normalized spacial score (nSPS) is 14.9. The monoisotopic (exact) mass is 1220 g/mol. The minimum absolute atomic E-state index is 0.0917. The Balaban J connectivity index is 0.000000156. The molecule has 0 saturated carbocycles. The zero-order valence-electron chi connectivity index (χ0n) is 51.4. The lowest BCUT2D eigenvalue weighted by Crippen LogP contribution is -2.45. The summed E-state index contributed by atoms with van der Waals surface area (Å²) in [6.45, 7) is 15.2. The molecule has 0 unspecified atom stereocenters. The number of nitriles is 2. The van der Waals surface area contributed by atoms with E-state index in [0.717, 1.165) is 44.8 Å². The van der Waals surface area contributed by atoms with Crippen molar-refractivity contribution >= 4 is 36.8 Å². The zero-order valence-corrected chi connectivity index (χ0v) is 52.1. The van der Waals surface area contributed by atoms with Gasteiger partial charge in [0.2, 0.25) is 5.28 Å². The fraction of sp³-hybridized carbons (Fsp3) is 0.162. The minimum atomic E-state index is -0.913. The van der Waals surface area contributed by atoms with E-state index in [4.69, 9.17) is 50.2 Å². The van der Waals surface area contributed by atoms with Crippen LogP contribution in [-0.4, -0.2) is 66.5 Å². The second-order valence-corrected chi connectivity index (χ2v) is 24.1. The van der Waals surface area contributed by atoms with Crippen LogP contribution in [0.2, 0.25) is 5.28 Å². The summed E-state index contributed by atoms with van der Waals surface area (Å²) in [6.07, 6.45) is 0. The Hall–Kier alpha value is -9.90. The van der Waals surface area contributed by atoms with Gasteiger partial charge in [-0.15, -0.1) is 0 Å². The first kappa shape index (κ1) is 62.7. The molecule has 8 aromatic carbocycles. The predicted octanol–water partition coefficient (Wildman–Crippen LogP) is 16.0. The molecule has 0 bridgehead atoms. The number of aromatic nitrogens is 6. The summed E-state index contributed by atoms with van der Waals surface area (Å²) in [6, 6.07) is 74.5. The maximum Gasteiger partial charge on any atom is 0.497 e. The van der Waals surface area contributed by atoms with Gasteiger partial charge in [0.25, 0.3) is 0 Å². The van der Waals surface area contributed by atoms with E-state index in [2.05, 4.69) is 22.1 Å². The Morgan fingerprint density at radius 1 is 0.341 bits per heavy atom. The second kappa shape index (κ2) is 26.3. The van der Waals surface area contributed by atoms with Crippen molar-refractivity contribution in [2.45, 2.75) is 77.8 Å². The maximum absolute atomic E-state index is 16.8. The van der Waals surface area contributed by atoms with Crippen LogP contribution < -0.4 is 10.9 Å². The number of hydrogen-bond acceptors (Lipinski definition) is 12. The lowest BCUT2D eigenvalue weighted by Gasteiger charge is -2.32. The van der Waals surface area contributed by atoms with Crippen LogP contribution in [0.15, 0.2) is 224 Å². The minimum Gasteiger partial charge on any atom is -0.399 e. The van der Waals surface area contributed by atoms with Crippen LogP contribution in [0.1, 0.15) is 66.5 Å². The van der Waals surface area contributed by atoms with Crippen molar-refractivity contribution in [2.75, 3.05) is 0 Å². The molecule has 2 aliphatic rings. The molecule has 91 heavy (non-hydrogen) atoms. The topological polar surface area (TPSA) is 162 Å². The molecule has 0 amide bonds. The molecule has 0 atom stereocenters. The molecule has 2 aliphatic heterocycles. The van der Waals surface area contributed by atoms with Crippen LogP contribution in [0.3, 0.4) is 0 Å². The van der Waals surface area contributed by atoms with Crippen LogP contribution >= 0.6 is 11.6 Å². The van der Waals surface area contributed by atoms with Crippen LogP contribution in [0.5, 0.6) is 0 Å². The van der Waals surface area contributed by atoms with Crippen molar-refractivity contribution in [3.8, 4) is 102 Å². The van der Waals surface area contributed by atoms with Gasteiger partial charge >= 0.3 is 14.2 Å². The molecular weight excluding hydrogens is 1160 g/mol. The molecular formula is C74H61B2ClF2N8O4. The Bertz CT molecular complexity index is 4100. The zero-order chi connectivity index (χ0) is 64.1. The molecule has 0 N–H and O–H groups in total. The van der Waals surface area contributed by atoms with Crippen LogP contribution in [-0.2, 0) is 18.6 Å². The van der Waals surface area contributed by atoms with Gasteiger partial charge in [-0.3, -0.25) is 0 Å². The van der Waals surface area contributed by atoms with E-state index in [1.165, 1.54) is 24.3 Å². The highest BCUT2D eigenvalue weighted by molar-refractivity contribution is 6.66. The first-order valence-electron chi connectivity index (χ1n) is 29.5. The van der Waals surface area contributed by atoms with Gasteiger partial charge in [0.05, 0.1) is 91.0 Å². The highest BCUT2D eigenvalue weighted by Crippen LogP contribution is 2.40. The summed E-state index contributed by atoms with van der Waals surface area (Å²) in [5, 5.41) is 19.7. The Morgan fingerprint density at radius 2 is 0.571 bits per heavy atom. The first-order valence-corrected chi connectivity index (χ1v) is 29.9. The molecule has 3 aromatic heterocycles. The van der Waals surface area contributed by atoms with Gasteiger partial charge in [0.15, 0.2) is 11.6 Å². The van der Waals surface area contributed by atoms with Crippen LogP contribution in [0.4, 0.5) is 8.78 Å². The second-order valence-electron chi connectivity index (χ2n) is 23.8. The average molecular weight is 1220 g/mol. The lowest BCUT2D eigenvalue weighted by atomic mass is 9.70. The molecule has 0 spiro atoms. The number of halogens is 3. The van der Waals surface area contributed by atoms with Crippen molar-refractivity contribution < 1.29 is 27.4 Å². The standard InChI is InChI=1S/C39H24FN5.C19H26B2FNO4.C16H11ClN2/c40-37-31(38-42-33(27-13-5-1-6-14-27)23-34(43-38)28-15-7-2-8-16-28)21-26(25-41)22-32(37)39-44-35(29-17-9-3-10-18-29)24-36(45-39)30-19-11-4-12-20-30;1-16(2)17(3,4)25-20(24-16)13-9-12(11-23)10-14(15(13)22)21-26-18(5,6)19(7,8)27-21;17-16-18-14(12-7-3-1-4-8-12)11-15(19-16)13-9-5-2-6-10-13/h1-24H;9-10H,1-8H3;1-11H. The largest absolute Gasteiger partial charge is 0.497 e. The van der Waals surface area contributed by atoms with Crippen LogP contribution in [0.25, 0.3) is 90.3 Å². The van der Waals surface area contributed by atoms with Crippen molar-refractivity contribution in [1.29, 1.82) is 10.5 Å². The third-order valence-corrected chi connectivity index (χ3v) is 16.7. The molecule has 5 heterocycles. The van der Waals surface area contributed by atoms with Crippen molar-refractivity contribution in [1.82, 2.24) is 29.9 Å². The number of benzene rings is 8. The van der Waals surface area contributed by atoms with E-state index in [1.54, 1.807) is 0 Å². The number of hydrogen-bond donors (Lipinski definition) is 0. The van der Waals surface area contributed by atoms with Gasteiger partial charge < -0.3 is 18.6 Å². The maximum atomic E-state index is 16.8. The molecule has 0 radical (unpaired) electrons. The molecule has 2 saturated heterocycles. The Labute approximate surface area is 534 Å². The highest BCUT2D eigenvalue weighted by atomic mass is 35.5. The highest BCUT2D eigenvalue weighted by Gasteiger charge is 2.55. The van der Waals surface area contributed by atoms with E-state index in [9.17, 15) is 10.5 Å². The number of rotatable bonds is 10. The summed E-state index contributed by atoms with van der Waals surface area (Å²) < 4.78 is 56.2. The van der Waals surface area contributed by atoms with E-state index in [1.807, 2.05) is 256 Å². The molecule has 17 heteroatoms. The molecule has 448 valence electrons. The summed E-state index contributed by atoms with van der Waals surface area (Å²) in [5.41, 5.74) is 8.35. The van der Waals surface area contributed by atoms with Crippen molar-refractivity contribution in [3.05, 3.63) is 253 Å². The first-order chi connectivity index (χ1) is 43.7. The fourth-order valence-electron chi connectivity index (χ4n) is 10.1. The Kier molecular flexibility index (Phi) is 18.1. The van der Waals surface area contributed by atoms with E-state index in [-0.39, 0.29) is 44.5 Å². The third-order valence-electron chi connectivity index (χ3n) is 16.5. The number of nitrogens with zero attached hydrogens (tertiary/aromatic N) is 8. The molecule has 0 aliphatic carbocycles. The Morgan fingerprint density at radius 3 is 0.813 bits per heavy atom. The lowest BCUT2D eigenvalue weighted by molar-refractivity contribution is 0.00578. The van der Waals surface area contributed by atoms with Gasteiger partial charge in [-0.2, -0.15) is 10.5 Å². The van der Waals surface area contributed by atoms with E-state index >= 15 is 8.78 Å². The van der Waals surface area contributed by atoms with E-state index in [0.29, 0.717) is 28.3 Å². The van der Waals surface area contributed by atoms with E-state index < -0.39 is 48.3 Å². The quantitative estimate of drug-likeness (QED) is 0.0942. The van der Waals surface area contributed by atoms with Crippen molar-refractivity contribution in [2.24, 2.45) is 0 Å². The molecule has 12 nitrogen and oxygen atoms in total. The smallest absolute Gasteiger partial charge is 0.399 e. The molecule has 2 fully saturated rings. The average Bonchev–Trinajstić information content (AvgIpc) is 1.70. The summed E-state index contributed by atoms with van der Waals surface area (Å²) in [4.78, 5) is 27.8. The molecule has 11 aromatic rings. The summed E-state index contributed by atoms with van der Waals surface area (Å²) in [5.74, 6) is -0.824. The van der Waals surface area contributed by atoms with Crippen LogP contribution in [0, 0.1) is 34.3 Å². The van der Waals surface area contributed by atoms with Gasteiger partial charge in [-0.05, 0) is 109 Å². The predicted molar refractivity (Wildman–Crippen MR) is 355 cm³/mol.